The predicted molar refractivity (Wildman–Crippen MR) is 72.5 cm³/mol. The molecule has 0 saturated heterocycles. The van der Waals surface area contributed by atoms with Crippen molar-refractivity contribution in [3.8, 4) is 5.75 Å². The number of hydrogen-bond donors (Lipinski definition) is 1. The van der Waals surface area contributed by atoms with Crippen LogP contribution in [0.15, 0.2) is 36.7 Å². The molecular weight excluding hydrogens is 243 g/mol. The fourth-order valence-corrected chi connectivity index (χ4v) is 1.88. The van der Waals surface area contributed by atoms with Crippen molar-refractivity contribution >= 4 is 0 Å². The van der Waals surface area contributed by atoms with E-state index in [-0.39, 0.29) is 11.6 Å². The van der Waals surface area contributed by atoms with E-state index in [1.807, 2.05) is 19.2 Å². The molecule has 19 heavy (non-hydrogen) atoms. The lowest BCUT2D eigenvalue weighted by molar-refractivity contribution is 0.383. The molecule has 2 rings (SSSR count). The van der Waals surface area contributed by atoms with Crippen molar-refractivity contribution in [3.05, 3.63) is 59.2 Å². The van der Waals surface area contributed by atoms with E-state index in [1.54, 1.807) is 24.4 Å². The standard InChI is InChI=1S/C15H17FN2O/c1-11-8-17-7-6-12(11)9-18-10-13-4-3-5-14(19-2)15(13)16/h3-8,18H,9-10H2,1-2H3. The SMILES string of the molecule is COc1cccc(CNCc2ccncc2C)c1F. The first-order chi connectivity index (χ1) is 9.22. The summed E-state index contributed by atoms with van der Waals surface area (Å²) in [7, 11) is 1.47. The molecule has 100 valence electrons. The van der Waals surface area contributed by atoms with Gasteiger partial charge in [-0.3, -0.25) is 4.98 Å². The maximum absolute atomic E-state index is 13.9. The maximum atomic E-state index is 13.9. The maximum Gasteiger partial charge on any atom is 0.169 e. The summed E-state index contributed by atoms with van der Waals surface area (Å²) in [6, 6.07) is 7.12. The molecule has 0 unspecified atom stereocenters. The van der Waals surface area contributed by atoms with Crippen LogP contribution in [0, 0.1) is 12.7 Å². The molecular formula is C15H17FN2O. The first-order valence-corrected chi connectivity index (χ1v) is 6.14. The first kappa shape index (κ1) is 13.5. The average Bonchev–Trinajstić information content (AvgIpc) is 2.43. The second-order valence-electron chi connectivity index (χ2n) is 4.34. The first-order valence-electron chi connectivity index (χ1n) is 6.14. The number of nitrogens with one attached hydrogen (secondary N) is 1. The van der Waals surface area contributed by atoms with Gasteiger partial charge in [-0.05, 0) is 30.2 Å². The van der Waals surface area contributed by atoms with Gasteiger partial charge in [-0.2, -0.15) is 0 Å². The molecule has 0 amide bonds. The van der Waals surface area contributed by atoms with Crippen molar-refractivity contribution in [1.82, 2.24) is 10.3 Å². The van der Waals surface area contributed by atoms with Gasteiger partial charge in [0.2, 0.25) is 0 Å². The Bertz CT molecular complexity index is 558. The Labute approximate surface area is 112 Å². The van der Waals surface area contributed by atoms with Gasteiger partial charge in [0.1, 0.15) is 0 Å². The molecule has 0 aliphatic heterocycles. The lowest BCUT2D eigenvalue weighted by Crippen LogP contribution is -2.14. The molecule has 3 nitrogen and oxygen atoms in total. The number of hydrogen-bond acceptors (Lipinski definition) is 3. The molecule has 0 atom stereocenters. The van der Waals surface area contributed by atoms with Gasteiger partial charge in [-0.15, -0.1) is 0 Å². The third-order valence-corrected chi connectivity index (χ3v) is 3.03. The normalized spacial score (nSPS) is 10.5. The highest BCUT2D eigenvalue weighted by molar-refractivity contribution is 5.31. The average molecular weight is 260 g/mol. The Balaban J connectivity index is 1.98. The lowest BCUT2D eigenvalue weighted by Gasteiger charge is -2.09. The highest BCUT2D eigenvalue weighted by Gasteiger charge is 2.07. The molecule has 1 heterocycles. The summed E-state index contributed by atoms with van der Waals surface area (Å²) in [5.74, 6) is -0.0247. The molecule has 1 aromatic carbocycles. The number of benzene rings is 1. The predicted octanol–water partition coefficient (Wildman–Crippen LogP) is 2.83. The van der Waals surface area contributed by atoms with E-state index in [4.69, 9.17) is 4.74 Å². The largest absolute Gasteiger partial charge is 0.494 e. The summed E-state index contributed by atoms with van der Waals surface area (Å²) >= 11 is 0. The number of pyridine rings is 1. The summed E-state index contributed by atoms with van der Waals surface area (Å²) < 4.78 is 18.9. The Morgan fingerprint density at radius 1 is 1.21 bits per heavy atom. The van der Waals surface area contributed by atoms with Gasteiger partial charge in [-0.1, -0.05) is 12.1 Å². The van der Waals surface area contributed by atoms with Crippen molar-refractivity contribution in [2.24, 2.45) is 0 Å². The van der Waals surface area contributed by atoms with Crippen LogP contribution < -0.4 is 10.1 Å². The van der Waals surface area contributed by atoms with E-state index in [0.717, 1.165) is 5.56 Å². The monoisotopic (exact) mass is 260 g/mol. The fraction of sp³-hybridized carbons (Fsp3) is 0.267. The minimum Gasteiger partial charge on any atom is -0.494 e. The van der Waals surface area contributed by atoms with Gasteiger partial charge in [0, 0.05) is 31.0 Å². The van der Waals surface area contributed by atoms with E-state index >= 15 is 0 Å². The highest BCUT2D eigenvalue weighted by atomic mass is 19.1. The van der Waals surface area contributed by atoms with Crippen molar-refractivity contribution in [1.29, 1.82) is 0 Å². The van der Waals surface area contributed by atoms with E-state index in [0.29, 0.717) is 18.7 Å². The number of aromatic nitrogens is 1. The molecule has 1 aromatic heterocycles. The zero-order valence-electron chi connectivity index (χ0n) is 11.1. The zero-order valence-corrected chi connectivity index (χ0v) is 11.1. The lowest BCUT2D eigenvalue weighted by atomic mass is 10.1. The summed E-state index contributed by atoms with van der Waals surface area (Å²) in [6.45, 7) is 3.16. The molecule has 0 fully saturated rings. The van der Waals surface area contributed by atoms with Crippen LogP contribution in [0.3, 0.4) is 0 Å². The van der Waals surface area contributed by atoms with Crippen LogP contribution in [-0.4, -0.2) is 12.1 Å². The van der Waals surface area contributed by atoms with E-state index in [2.05, 4.69) is 10.3 Å². The van der Waals surface area contributed by atoms with E-state index in [1.165, 1.54) is 12.7 Å². The Morgan fingerprint density at radius 2 is 2.00 bits per heavy atom. The molecule has 2 aromatic rings. The number of aryl methyl sites for hydroxylation is 1. The Morgan fingerprint density at radius 3 is 2.74 bits per heavy atom. The second kappa shape index (κ2) is 6.29. The third kappa shape index (κ3) is 3.29. The van der Waals surface area contributed by atoms with Crippen molar-refractivity contribution in [3.63, 3.8) is 0 Å². The fourth-order valence-electron chi connectivity index (χ4n) is 1.88. The smallest absolute Gasteiger partial charge is 0.169 e. The summed E-state index contributed by atoms with van der Waals surface area (Å²) in [6.07, 6.45) is 3.58. The minimum absolute atomic E-state index is 0.277. The molecule has 0 aliphatic rings. The van der Waals surface area contributed by atoms with Crippen LogP contribution >= 0.6 is 0 Å². The van der Waals surface area contributed by atoms with Crippen LogP contribution in [0.4, 0.5) is 4.39 Å². The van der Waals surface area contributed by atoms with Gasteiger partial charge in [0.25, 0.3) is 0 Å². The molecule has 1 N–H and O–H groups in total. The molecule has 0 spiro atoms. The highest BCUT2D eigenvalue weighted by Crippen LogP contribution is 2.19. The summed E-state index contributed by atoms with van der Waals surface area (Å²) in [4.78, 5) is 4.04. The number of rotatable bonds is 5. The van der Waals surface area contributed by atoms with Crippen molar-refractivity contribution in [2.75, 3.05) is 7.11 Å². The second-order valence-corrected chi connectivity index (χ2v) is 4.34. The van der Waals surface area contributed by atoms with Crippen LogP contribution in [0.2, 0.25) is 0 Å². The molecule has 4 heteroatoms. The van der Waals surface area contributed by atoms with Gasteiger partial charge in [0.05, 0.1) is 7.11 Å². The van der Waals surface area contributed by atoms with Crippen LogP contribution in [0.5, 0.6) is 5.75 Å². The number of nitrogens with zero attached hydrogens (tertiary/aromatic N) is 1. The number of ether oxygens (including phenoxy) is 1. The van der Waals surface area contributed by atoms with Crippen molar-refractivity contribution < 1.29 is 9.13 Å². The van der Waals surface area contributed by atoms with Crippen LogP contribution in [0.1, 0.15) is 16.7 Å². The van der Waals surface area contributed by atoms with Gasteiger partial charge in [-0.25, -0.2) is 4.39 Å². The number of halogens is 1. The third-order valence-electron chi connectivity index (χ3n) is 3.03. The van der Waals surface area contributed by atoms with Crippen LogP contribution in [0.25, 0.3) is 0 Å². The molecule has 0 radical (unpaired) electrons. The summed E-state index contributed by atoms with van der Waals surface area (Å²) in [5.41, 5.74) is 2.89. The van der Waals surface area contributed by atoms with Gasteiger partial charge in [0.15, 0.2) is 11.6 Å². The quantitative estimate of drug-likeness (QED) is 0.897. The minimum atomic E-state index is -0.302. The Kier molecular flexibility index (Phi) is 4.47. The van der Waals surface area contributed by atoms with Crippen LogP contribution in [-0.2, 0) is 13.1 Å². The topological polar surface area (TPSA) is 34.1 Å². The molecule has 0 aliphatic carbocycles. The van der Waals surface area contributed by atoms with E-state index < -0.39 is 0 Å². The van der Waals surface area contributed by atoms with E-state index in [9.17, 15) is 4.39 Å². The van der Waals surface area contributed by atoms with Crippen molar-refractivity contribution in [2.45, 2.75) is 20.0 Å². The van der Waals surface area contributed by atoms with Gasteiger partial charge < -0.3 is 10.1 Å². The molecule has 0 bridgehead atoms. The summed E-state index contributed by atoms with van der Waals surface area (Å²) in [5, 5.41) is 3.23. The molecule has 0 saturated carbocycles. The van der Waals surface area contributed by atoms with Gasteiger partial charge >= 0.3 is 0 Å². The number of methoxy groups -OCH3 is 1. The Hall–Kier alpha value is -1.94. The zero-order chi connectivity index (χ0) is 13.7.